The molecule has 1 N–H and O–H groups in total. The molecule has 6 heteroatoms. The van der Waals surface area contributed by atoms with Gasteiger partial charge < -0.3 is 9.73 Å². The van der Waals surface area contributed by atoms with Crippen molar-refractivity contribution in [2.24, 2.45) is 0 Å². The molecular weight excluding hydrogens is 298 g/mol. The summed E-state index contributed by atoms with van der Waals surface area (Å²) in [5, 5.41) is 4.85. The summed E-state index contributed by atoms with van der Waals surface area (Å²) in [5.74, 6) is 1.30. The molecule has 0 aliphatic heterocycles. The second-order valence-corrected chi connectivity index (χ2v) is 5.69. The third-order valence-electron chi connectivity index (χ3n) is 3.20. The molecule has 0 radical (unpaired) electrons. The summed E-state index contributed by atoms with van der Waals surface area (Å²) in [4.78, 5) is 21.4. The first-order valence-corrected chi connectivity index (χ1v) is 7.80. The number of rotatable bonds is 5. The zero-order chi connectivity index (χ0) is 15.4. The number of hydrogen-bond acceptors (Lipinski definition) is 5. The van der Waals surface area contributed by atoms with Crippen molar-refractivity contribution in [3.05, 3.63) is 59.1 Å². The molecule has 3 aromatic heterocycles. The zero-order valence-corrected chi connectivity index (χ0v) is 12.9. The molecule has 3 rings (SSSR count). The molecular formula is C16H15N3O2S. The van der Waals surface area contributed by atoms with E-state index in [9.17, 15) is 4.79 Å². The number of pyridine rings is 1. The topological polar surface area (TPSA) is 68.0 Å². The molecule has 0 fully saturated rings. The maximum absolute atomic E-state index is 11.9. The molecule has 3 heterocycles. The first-order chi connectivity index (χ1) is 10.7. The van der Waals surface area contributed by atoms with Crippen LogP contribution in [0.3, 0.4) is 0 Å². The fourth-order valence-electron chi connectivity index (χ4n) is 2.06. The van der Waals surface area contributed by atoms with Gasteiger partial charge in [0.25, 0.3) is 5.91 Å². The molecule has 5 nitrogen and oxygen atoms in total. The monoisotopic (exact) mass is 313 g/mol. The average molecular weight is 313 g/mol. The van der Waals surface area contributed by atoms with E-state index < -0.39 is 0 Å². The van der Waals surface area contributed by atoms with Crippen molar-refractivity contribution < 1.29 is 9.21 Å². The van der Waals surface area contributed by atoms with E-state index >= 15 is 0 Å². The standard InChI is InChI=1S/C16H15N3O2S/c1-11-13(19-16(21-11)14-5-3-9-22-14)6-8-18-15(20)12-4-2-7-17-10-12/h2-5,7,9-10H,6,8H2,1H3,(H,18,20). The van der Waals surface area contributed by atoms with Crippen LogP contribution in [0.25, 0.3) is 10.8 Å². The molecule has 0 saturated heterocycles. The van der Waals surface area contributed by atoms with Gasteiger partial charge in [0, 0.05) is 25.4 Å². The molecule has 0 spiro atoms. The highest BCUT2D eigenvalue weighted by Crippen LogP contribution is 2.25. The lowest BCUT2D eigenvalue weighted by molar-refractivity contribution is 0.0953. The Balaban J connectivity index is 1.59. The van der Waals surface area contributed by atoms with E-state index in [1.807, 2.05) is 24.4 Å². The molecule has 1 amide bonds. The van der Waals surface area contributed by atoms with Crippen LogP contribution in [0, 0.1) is 6.92 Å². The van der Waals surface area contributed by atoms with Gasteiger partial charge in [0.15, 0.2) is 0 Å². The van der Waals surface area contributed by atoms with Gasteiger partial charge in [0.2, 0.25) is 5.89 Å². The second kappa shape index (κ2) is 6.53. The van der Waals surface area contributed by atoms with E-state index in [0.717, 1.165) is 16.3 Å². The van der Waals surface area contributed by atoms with E-state index in [2.05, 4.69) is 15.3 Å². The van der Waals surface area contributed by atoms with Crippen LogP contribution in [0.15, 0.2) is 46.5 Å². The minimum absolute atomic E-state index is 0.132. The van der Waals surface area contributed by atoms with Gasteiger partial charge in [-0.15, -0.1) is 11.3 Å². The van der Waals surface area contributed by atoms with Gasteiger partial charge in [-0.2, -0.15) is 0 Å². The first-order valence-electron chi connectivity index (χ1n) is 6.92. The minimum atomic E-state index is -0.132. The predicted octanol–water partition coefficient (Wildman–Crippen LogP) is 3.08. The number of oxazole rings is 1. The number of carbonyl (C=O) groups is 1. The molecule has 0 atom stereocenters. The van der Waals surface area contributed by atoms with Gasteiger partial charge in [0.1, 0.15) is 5.76 Å². The van der Waals surface area contributed by atoms with Crippen molar-refractivity contribution in [2.45, 2.75) is 13.3 Å². The summed E-state index contributed by atoms with van der Waals surface area (Å²) in [6.45, 7) is 2.40. The third kappa shape index (κ3) is 3.23. The summed E-state index contributed by atoms with van der Waals surface area (Å²) in [5.41, 5.74) is 1.42. The summed E-state index contributed by atoms with van der Waals surface area (Å²) in [6.07, 6.45) is 3.82. The van der Waals surface area contributed by atoms with Crippen molar-refractivity contribution in [2.75, 3.05) is 6.54 Å². The first kappa shape index (κ1) is 14.5. The van der Waals surface area contributed by atoms with Crippen molar-refractivity contribution in [1.82, 2.24) is 15.3 Å². The lowest BCUT2D eigenvalue weighted by Gasteiger charge is -2.03. The van der Waals surface area contributed by atoms with Gasteiger partial charge in [0.05, 0.1) is 16.1 Å². The van der Waals surface area contributed by atoms with E-state index in [1.54, 1.807) is 35.9 Å². The molecule has 22 heavy (non-hydrogen) atoms. The fourth-order valence-corrected chi connectivity index (χ4v) is 2.71. The second-order valence-electron chi connectivity index (χ2n) is 4.75. The van der Waals surface area contributed by atoms with Crippen LogP contribution in [0.1, 0.15) is 21.8 Å². The Morgan fingerprint density at radius 2 is 2.27 bits per heavy atom. The zero-order valence-electron chi connectivity index (χ0n) is 12.1. The van der Waals surface area contributed by atoms with Crippen molar-refractivity contribution >= 4 is 17.2 Å². The fraction of sp³-hybridized carbons (Fsp3) is 0.188. The van der Waals surface area contributed by atoms with Crippen LogP contribution in [0.2, 0.25) is 0 Å². The van der Waals surface area contributed by atoms with Gasteiger partial charge in [-0.05, 0) is 30.5 Å². The van der Waals surface area contributed by atoms with Crippen LogP contribution in [0.4, 0.5) is 0 Å². The SMILES string of the molecule is Cc1oc(-c2cccs2)nc1CCNC(=O)c1cccnc1. The number of thiophene rings is 1. The summed E-state index contributed by atoms with van der Waals surface area (Å²) in [6, 6.07) is 7.42. The van der Waals surface area contributed by atoms with E-state index in [4.69, 9.17) is 4.42 Å². The number of nitrogens with one attached hydrogen (secondary N) is 1. The molecule has 112 valence electrons. The van der Waals surface area contributed by atoms with Gasteiger partial charge in [-0.3, -0.25) is 9.78 Å². The van der Waals surface area contributed by atoms with Gasteiger partial charge in [-0.25, -0.2) is 4.98 Å². The van der Waals surface area contributed by atoms with E-state index in [0.29, 0.717) is 24.4 Å². The lowest BCUT2D eigenvalue weighted by Crippen LogP contribution is -2.25. The average Bonchev–Trinajstić information content (AvgIpc) is 3.18. The Hall–Kier alpha value is -2.47. The highest BCUT2D eigenvalue weighted by molar-refractivity contribution is 7.13. The Morgan fingerprint density at radius 3 is 3.00 bits per heavy atom. The van der Waals surface area contributed by atoms with E-state index in [1.165, 1.54) is 0 Å². The third-order valence-corrected chi connectivity index (χ3v) is 4.05. The molecule has 0 saturated carbocycles. The summed E-state index contributed by atoms with van der Waals surface area (Å²) < 4.78 is 5.68. The summed E-state index contributed by atoms with van der Waals surface area (Å²) >= 11 is 1.59. The Labute approximate surface area is 132 Å². The molecule has 0 aliphatic carbocycles. The summed E-state index contributed by atoms with van der Waals surface area (Å²) in [7, 11) is 0. The number of amides is 1. The smallest absolute Gasteiger partial charge is 0.252 e. The number of nitrogens with zero attached hydrogens (tertiary/aromatic N) is 2. The largest absolute Gasteiger partial charge is 0.440 e. The quantitative estimate of drug-likeness (QED) is 0.786. The van der Waals surface area contributed by atoms with Crippen molar-refractivity contribution in [1.29, 1.82) is 0 Å². The number of carbonyl (C=O) groups excluding carboxylic acids is 1. The van der Waals surface area contributed by atoms with Crippen LogP contribution in [-0.2, 0) is 6.42 Å². The maximum atomic E-state index is 11.9. The highest BCUT2D eigenvalue weighted by atomic mass is 32.1. The van der Waals surface area contributed by atoms with Crippen LogP contribution in [-0.4, -0.2) is 22.4 Å². The lowest BCUT2D eigenvalue weighted by atomic mass is 10.2. The van der Waals surface area contributed by atoms with Gasteiger partial charge in [-0.1, -0.05) is 6.07 Å². The van der Waals surface area contributed by atoms with Gasteiger partial charge >= 0.3 is 0 Å². The van der Waals surface area contributed by atoms with Crippen LogP contribution < -0.4 is 5.32 Å². The van der Waals surface area contributed by atoms with E-state index in [-0.39, 0.29) is 5.91 Å². The highest BCUT2D eigenvalue weighted by Gasteiger charge is 2.12. The Morgan fingerprint density at radius 1 is 1.36 bits per heavy atom. The number of hydrogen-bond donors (Lipinski definition) is 1. The van der Waals surface area contributed by atoms with Crippen LogP contribution >= 0.6 is 11.3 Å². The normalized spacial score (nSPS) is 10.6. The number of aromatic nitrogens is 2. The predicted molar refractivity (Wildman–Crippen MR) is 84.8 cm³/mol. The van der Waals surface area contributed by atoms with Crippen LogP contribution in [0.5, 0.6) is 0 Å². The molecule has 0 aromatic carbocycles. The molecule has 3 aromatic rings. The maximum Gasteiger partial charge on any atom is 0.252 e. The minimum Gasteiger partial charge on any atom is -0.440 e. The van der Waals surface area contributed by atoms with Crippen molar-refractivity contribution in [3.63, 3.8) is 0 Å². The molecule has 0 unspecified atom stereocenters. The number of aryl methyl sites for hydroxylation is 1. The van der Waals surface area contributed by atoms with Crippen molar-refractivity contribution in [3.8, 4) is 10.8 Å². The Kier molecular flexibility index (Phi) is 4.29. The molecule has 0 bridgehead atoms. The Bertz CT molecular complexity index is 751. The molecule has 0 aliphatic rings.